The van der Waals surface area contributed by atoms with E-state index >= 15 is 0 Å². The van der Waals surface area contributed by atoms with Gasteiger partial charge in [0.1, 0.15) is 46.4 Å². The number of carbonyl (C=O) groups is 1. The molecule has 2 aromatic heterocycles. The van der Waals surface area contributed by atoms with Crippen molar-refractivity contribution in [2.75, 3.05) is 23.7 Å². The number of nitrogen functional groups attached to an aromatic ring is 1. The van der Waals surface area contributed by atoms with E-state index in [-0.39, 0.29) is 23.5 Å². The van der Waals surface area contributed by atoms with Crippen molar-refractivity contribution >= 4 is 28.9 Å². The number of carbonyl (C=O) groups excluding carboxylic acids is 1. The molecular formula is C21H20FN7O2. The first kappa shape index (κ1) is 19.1. The number of aromatic nitrogens is 3. The maximum absolute atomic E-state index is 14.6. The van der Waals surface area contributed by atoms with E-state index in [1.54, 1.807) is 24.1 Å². The normalized spacial score (nSPS) is 18.5. The Kier molecular flexibility index (Phi) is 4.39. The molecule has 10 heteroatoms. The molecule has 1 aliphatic carbocycles. The van der Waals surface area contributed by atoms with Gasteiger partial charge in [-0.3, -0.25) is 4.79 Å². The van der Waals surface area contributed by atoms with Gasteiger partial charge in [-0.1, -0.05) is 0 Å². The Bertz CT molecular complexity index is 1240. The Labute approximate surface area is 177 Å². The fourth-order valence-corrected chi connectivity index (χ4v) is 3.76. The van der Waals surface area contributed by atoms with Crippen LogP contribution in [-0.4, -0.2) is 39.7 Å². The van der Waals surface area contributed by atoms with E-state index < -0.39 is 17.8 Å². The summed E-state index contributed by atoms with van der Waals surface area (Å²) in [6, 6.07) is 6.41. The Hall–Kier alpha value is -3.87. The van der Waals surface area contributed by atoms with Crippen LogP contribution in [0.1, 0.15) is 35.7 Å². The summed E-state index contributed by atoms with van der Waals surface area (Å²) in [5, 5.41) is 16.7. The van der Waals surface area contributed by atoms with Gasteiger partial charge in [0.05, 0.1) is 6.54 Å². The van der Waals surface area contributed by atoms with Gasteiger partial charge in [0, 0.05) is 12.7 Å². The standard InChI is InChI=1S/C21H20FN7O2/c1-11-9-25-21(30)17-19(24)27-29-7-6-16(26-20(17)29)28(10-12-2-3-12)18-13(8-23)14(22)4-5-15(18)31-11/h4-7,11-12H,2-3,9-10H2,1H3,(H2,24,27)(H,25,30)/t11-/m0/s1. The Morgan fingerprint density at radius 2 is 2.19 bits per heavy atom. The third kappa shape index (κ3) is 3.28. The average molecular weight is 421 g/mol. The van der Waals surface area contributed by atoms with Gasteiger partial charge in [-0.15, -0.1) is 5.10 Å². The molecule has 1 aromatic carbocycles. The van der Waals surface area contributed by atoms with Crippen LogP contribution in [0.5, 0.6) is 5.75 Å². The van der Waals surface area contributed by atoms with Gasteiger partial charge in [0.2, 0.25) is 0 Å². The molecular weight excluding hydrogens is 401 g/mol. The predicted molar refractivity (Wildman–Crippen MR) is 111 cm³/mol. The molecule has 1 saturated carbocycles. The highest BCUT2D eigenvalue weighted by Gasteiger charge is 2.31. The van der Waals surface area contributed by atoms with Crippen LogP contribution < -0.4 is 20.7 Å². The zero-order valence-electron chi connectivity index (χ0n) is 16.8. The molecule has 0 radical (unpaired) electrons. The van der Waals surface area contributed by atoms with Crippen LogP contribution in [0, 0.1) is 23.1 Å². The second-order valence-corrected chi connectivity index (χ2v) is 7.89. The lowest BCUT2D eigenvalue weighted by atomic mass is 10.1. The second kappa shape index (κ2) is 7.12. The summed E-state index contributed by atoms with van der Waals surface area (Å²) in [6.07, 6.45) is 3.27. The van der Waals surface area contributed by atoms with E-state index in [9.17, 15) is 14.4 Å². The number of halogens is 1. The van der Waals surface area contributed by atoms with Crippen LogP contribution in [-0.2, 0) is 0 Å². The van der Waals surface area contributed by atoms with E-state index in [4.69, 9.17) is 10.5 Å². The molecule has 3 N–H and O–H groups in total. The van der Waals surface area contributed by atoms with Gasteiger partial charge in [0.25, 0.3) is 5.91 Å². The fraction of sp³-hybridized carbons (Fsp3) is 0.333. The van der Waals surface area contributed by atoms with Gasteiger partial charge in [-0.25, -0.2) is 13.9 Å². The highest BCUT2D eigenvalue weighted by Crippen LogP contribution is 2.42. The zero-order valence-corrected chi connectivity index (χ0v) is 16.8. The number of fused-ring (bicyclic) bond motifs is 2. The molecule has 3 aromatic rings. The van der Waals surface area contributed by atoms with Crippen LogP contribution in [0.2, 0.25) is 0 Å². The summed E-state index contributed by atoms with van der Waals surface area (Å²) in [5.41, 5.74) is 6.68. The number of anilines is 3. The first-order valence-electron chi connectivity index (χ1n) is 10.1. The number of nitrogens with two attached hydrogens (primary N) is 1. The van der Waals surface area contributed by atoms with Gasteiger partial charge in [-0.05, 0) is 43.9 Å². The van der Waals surface area contributed by atoms with Crippen LogP contribution >= 0.6 is 0 Å². The summed E-state index contributed by atoms with van der Waals surface area (Å²) < 4.78 is 22.1. The van der Waals surface area contributed by atoms with Gasteiger partial charge in [-0.2, -0.15) is 5.26 Å². The van der Waals surface area contributed by atoms with Gasteiger partial charge in [0.15, 0.2) is 11.5 Å². The summed E-state index contributed by atoms with van der Waals surface area (Å²) >= 11 is 0. The summed E-state index contributed by atoms with van der Waals surface area (Å²) in [6.45, 7) is 2.50. The predicted octanol–water partition coefficient (Wildman–Crippen LogP) is 2.38. The molecule has 0 unspecified atom stereocenters. The molecule has 1 atom stereocenters. The summed E-state index contributed by atoms with van der Waals surface area (Å²) in [7, 11) is 0. The molecule has 0 spiro atoms. The molecule has 1 aliphatic heterocycles. The van der Waals surface area contributed by atoms with Crippen LogP contribution in [0.15, 0.2) is 24.4 Å². The van der Waals surface area contributed by atoms with Gasteiger partial charge >= 0.3 is 0 Å². The quantitative estimate of drug-likeness (QED) is 0.651. The highest BCUT2D eigenvalue weighted by atomic mass is 19.1. The number of rotatable bonds is 2. The monoisotopic (exact) mass is 421 g/mol. The third-order valence-electron chi connectivity index (χ3n) is 5.49. The minimum Gasteiger partial charge on any atom is -0.487 e. The van der Waals surface area contributed by atoms with Crippen molar-refractivity contribution < 1.29 is 13.9 Å². The van der Waals surface area contributed by atoms with E-state index in [1.165, 1.54) is 16.6 Å². The molecule has 0 saturated heterocycles. The molecule has 3 heterocycles. The van der Waals surface area contributed by atoms with E-state index in [2.05, 4.69) is 15.4 Å². The number of benzene rings is 1. The fourth-order valence-electron chi connectivity index (χ4n) is 3.76. The van der Waals surface area contributed by atoms with Gasteiger partial charge < -0.3 is 20.7 Å². The molecule has 31 heavy (non-hydrogen) atoms. The van der Waals surface area contributed by atoms with E-state index in [1.807, 2.05) is 6.07 Å². The first-order valence-corrected chi connectivity index (χ1v) is 10.1. The van der Waals surface area contributed by atoms with Crippen molar-refractivity contribution in [1.82, 2.24) is 19.9 Å². The minimum absolute atomic E-state index is 0.0608. The largest absolute Gasteiger partial charge is 0.487 e. The molecule has 1 fully saturated rings. The van der Waals surface area contributed by atoms with Crippen molar-refractivity contribution in [3.8, 4) is 11.8 Å². The maximum atomic E-state index is 14.6. The number of hydrogen-bond donors (Lipinski definition) is 2. The van der Waals surface area contributed by atoms with Crippen molar-refractivity contribution in [2.45, 2.75) is 25.9 Å². The second-order valence-electron chi connectivity index (χ2n) is 7.89. The topological polar surface area (TPSA) is 122 Å². The summed E-state index contributed by atoms with van der Waals surface area (Å²) in [5.74, 6) is 0.229. The Morgan fingerprint density at radius 3 is 2.94 bits per heavy atom. The average Bonchev–Trinajstić information content (AvgIpc) is 3.50. The number of hydrogen-bond acceptors (Lipinski definition) is 7. The molecule has 158 valence electrons. The number of ether oxygens (including phenoxy) is 1. The number of nitrogens with one attached hydrogen (secondary N) is 1. The van der Waals surface area contributed by atoms with E-state index in [0.717, 1.165) is 12.8 Å². The number of nitrogens with zero attached hydrogens (tertiary/aromatic N) is 5. The lowest BCUT2D eigenvalue weighted by molar-refractivity contribution is 0.0934. The van der Waals surface area contributed by atoms with Crippen molar-refractivity contribution in [1.29, 1.82) is 5.26 Å². The molecule has 2 aliphatic rings. The lowest BCUT2D eigenvalue weighted by Crippen LogP contribution is -2.35. The number of nitriles is 1. The van der Waals surface area contributed by atoms with Crippen LogP contribution in [0.3, 0.4) is 0 Å². The minimum atomic E-state index is -0.630. The highest BCUT2D eigenvalue weighted by molar-refractivity contribution is 6.04. The molecule has 1 amide bonds. The third-order valence-corrected chi connectivity index (χ3v) is 5.49. The summed E-state index contributed by atoms with van der Waals surface area (Å²) in [4.78, 5) is 19.2. The molecule has 2 bridgehead atoms. The van der Waals surface area contributed by atoms with Crippen molar-refractivity contribution in [2.24, 2.45) is 5.92 Å². The van der Waals surface area contributed by atoms with Crippen molar-refractivity contribution in [3.63, 3.8) is 0 Å². The first-order chi connectivity index (χ1) is 15.0. The molecule has 5 rings (SSSR count). The smallest absolute Gasteiger partial charge is 0.259 e. The van der Waals surface area contributed by atoms with Crippen molar-refractivity contribution in [3.05, 3.63) is 41.3 Å². The maximum Gasteiger partial charge on any atom is 0.259 e. The molecule has 9 nitrogen and oxygen atoms in total. The SMILES string of the molecule is C[C@H]1CNC(=O)c2c(N)nn3ccc(nc23)N(CC2CC2)c2c(ccc(F)c2C#N)O1. The number of amides is 1. The Morgan fingerprint density at radius 1 is 1.39 bits per heavy atom. The Balaban J connectivity index is 1.79. The van der Waals surface area contributed by atoms with E-state index in [0.29, 0.717) is 35.4 Å². The van der Waals surface area contributed by atoms with Crippen LogP contribution in [0.4, 0.5) is 21.7 Å². The zero-order chi connectivity index (χ0) is 21.7. The lowest BCUT2D eigenvalue weighted by Gasteiger charge is -2.29. The van der Waals surface area contributed by atoms with Crippen LogP contribution in [0.25, 0.3) is 5.65 Å².